The number of hydrogen-bond donors (Lipinski definition) is 0. The van der Waals surface area contributed by atoms with Crippen molar-refractivity contribution in [2.45, 2.75) is 54.4 Å². The van der Waals surface area contributed by atoms with Gasteiger partial charge in [-0.15, -0.1) is 11.3 Å². The van der Waals surface area contributed by atoms with Gasteiger partial charge in [-0.05, 0) is 42.4 Å². The van der Waals surface area contributed by atoms with Gasteiger partial charge in [0, 0.05) is 26.3 Å². The fraction of sp³-hybridized carbons (Fsp3) is 0.179. The van der Waals surface area contributed by atoms with Gasteiger partial charge in [-0.25, -0.2) is 0 Å². The maximum atomic E-state index is 6.15. The molecule has 0 N–H and O–H groups in total. The number of fused-ring (bicyclic) bond motifs is 5. The van der Waals surface area contributed by atoms with Gasteiger partial charge >= 0.3 is 336 Å². The number of rotatable bonds is 12. The third-order valence-corrected chi connectivity index (χ3v) is 22.7. The fourth-order valence-corrected chi connectivity index (χ4v) is 19.8. The third-order valence-electron chi connectivity index (χ3n) is 14.5. The van der Waals surface area contributed by atoms with Crippen LogP contribution in [0.1, 0.15) is 62.4 Å². The van der Waals surface area contributed by atoms with Crippen LogP contribution in [0, 0.1) is 28.0 Å². The molecular weight excluding hydrogens is 1190 g/mol. The molecule has 1 aliphatic heterocycles. The summed E-state index contributed by atoms with van der Waals surface area (Å²) < 4.78 is 20.4. The summed E-state index contributed by atoms with van der Waals surface area (Å²) in [6.45, 7) is 14.4. The van der Waals surface area contributed by atoms with Crippen LogP contribution in [0.15, 0.2) is 180 Å². The first kappa shape index (κ1) is 51.2. The molecule has 5 nitrogen and oxygen atoms in total. The molecule has 0 spiro atoms. The molecule has 0 radical (unpaired) electrons. The van der Waals surface area contributed by atoms with E-state index in [0.29, 0.717) is 25.0 Å². The van der Waals surface area contributed by atoms with E-state index in [1.54, 1.807) is 29.3 Å². The van der Waals surface area contributed by atoms with Gasteiger partial charge < -0.3 is 0 Å². The monoisotopic (exact) mass is 1250 g/mol. The predicted octanol–water partition coefficient (Wildman–Crippen LogP) is 16.3. The molecule has 379 valence electrons. The standard InChI is InChI=1S/C67H55N4OPS3.Os/c1-8-21-55-47(34-41(3)4)37-57(74-55)60-64-65(69-63-54-31-20-23-45-22-19-30-53(59(45)54)62(63)68-64)61(67-66(60)70-76-71-67)58-38-48(35-42(5)6)56(75-58)33-32-46(36-49-40-72-39-44(49)9-2)43(7)73(50-24-13-10-14-25-50,51-26-15-11-16-27-51)52-28-17-12-18-29-52;/h8-31,36-38,41-42H,34-35,39-40H2,1-6H3;/q+1;/b21-8+,44-9?,46-43?,49-36?;. The Kier molecular flexibility index (Phi) is 14.4. The summed E-state index contributed by atoms with van der Waals surface area (Å²) in [5, 5.41) is 7.22. The first-order chi connectivity index (χ1) is 37.7. The van der Waals surface area contributed by atoms with Crippen LogP contribution in [0.3, 0.4) is 0 Å². The second kappa shape index (κ2) is 21.7. The van der Waals surface area contributed by atoms with Crippen LogP contribution in [0.2, 0.25) is 0 Å². The number of ether oxygens (including phenoxy) is 1. The average molecular weight is 1250 g/mol. The minimum atomic E-state index is -2.60. The van der Waals surface area contributed by atoms with Gasteiger partial charge in [0.1, 0.15) is 0 Å². The quantitative estimate of drug-likeness (QED) is 0.0901. The van der Waals surface area contributed by atoms with E-state index in [2.05, 4.69) is 222 Å². The molecule has 0 bridgehead atoms. The second-order valence-electron chi connectivity index (χ2n) is 20.5. The summed E-state index contributed by atoms with van der Waals surface area (Å²) in [7, 11) is -2.60. The van der Waals surface area contributed by atoms with E-state index >= 15 is 0 Å². The predicted molar refractivity (Wildman–Crippen MR) is 326 cm³/mol. The van der Waals surface area contributed by atoms with E-state index in [9.17, 15) is 0 Å². The summed E-state index contributed by atoms with van der Waals surface area (Å²) in [5.41, 5.74) is 15.2. The van der Waals surface area contributed by atoms with Gasteiger partial charge in [-0.2, -0.15) is 0 Å². The number of nitrogens with zero attached hydrogens (tertiary/aromatic N) is 4. The van der Waals surface area contributed by atoms with E-state index in [4.69, 9.17) is 23.5 Å². The van der Waals surface area contributed by atoms with Gasteiger partial charge in [0.2, 0.25) is 0 Å². The van der Waals surface area contributed by atoms with Crippen molar-refractivity contribution in [3.8, 4) is 59.6 Å². The fourth-order valence-electron chi connectivity index (χ4n) is 11.2. The molecule has 5 heterocycles. The summed E-state index contributed by atoms with van der Waals surface area (Å²) >= 11 is 6.59. The molecule has 10 aromatic rings. The van der Waals surface area contributed by atoms with Crippen LogP contribution in [0.5, 0.6) is 0 Å². The minimum absolute atomic E-state index is 0.372. The molecule has 12 rings (SSSR count). The molecule has 0 saturated carbocycles. The van der Waals surface area contributed by atoms with E-state index in [1.807, 2.05) is 11.3 Å². The molecule has 0 unspecified atom stereocenters. The Morgan fingerprint density at radius 3 is 1.71 bits per heavy atom. The van der Waals surface area contributed by atoms with E-state index in [0.717, 1.165) is 99.6 Å². The summed E-state index contributed by atoms with van der Waals surface area (Å²) in [4.78, 5) is 16.0. The first-order valence-corrected chi connectivity index (χ1v) is 31.7. The van der Waals surface area contributed by atoms with Gasteiger partial charge in [0.25, 0.3) is 0 Å². The van der Waals surface area contributed by atoms with Crippen molar-refractivity contribution >= 4 is 96.5 Å². The SMILES string of the molecule is CC=C1COCC1=CC(C#Cc1sc(-c2c3nsnc3c(-c3cc(CC(C)C)c(/C=C/C)s3)c3nc4c(nc23)-c2cccc3cccc-4c23)cc1CC(C)C)=C([C]#[Os])[P+](c1ccccc1)(c1ccccc1)c1ccccc1. The summed E-state index contributed by atoms with van der Waals surface area (Å²) in [5.74, 6) is 8.70. The molecule has 2 aliphatic rings. The van der Waals surface area contributed by atoms with Gasteiger partial charge in [0.15, 0.2) is 0 Å². The average Bonchev–Trinajstić information content (AvgIpc) is 4.38. The first-order valence-electron chi connectivity index (χ1n) is 26.2. The number of thiophene rings is 2. The second-order valence-corrected chi connectivity index (χ2v) is 27.1. The normalized spacial score (nSPS) is 14.6. The van der Waals surface area contributed by atoms with Gasteiger partial charge in [-0.1, -0.05) is 56.3 Å². The molecule has 77 heavy (non-hydrogen) atoms. The van der Waals surface area contributed by atoms with Gasteiger partial charge in [-0.3, -0.25) is 0 Å². The van der Waals surface area contributed by atoms with Crippen LogP contribution < -0.4 is 15.9 Å². The van der Waals surface area contributed by atoms with Crippen molar-refractivity contribution in [1.82, 2.24) is 18.7 Å². The van der Waals surface area contributed by atoms with Crippen molar-refractivity contribution in [1.29, 1.82) is 0 Å². The van der Waals surface area contributed by atoms with E-state index in [1.165, 1.54) is 60.0 Å². The molecule has 0 amide bonds. The van der Waals surface area contributed by atoms with E-state index in [-0.39, 0.29) is 0 Å². The summed E-state index contributed by atoms with van der Waals surface area (Å²) in [6.07, 6.45) is 10.7. The molecule has 6 aromatic carbocycles. The Balaban J connectivity index is 1.14. The molecule has 10 heteroatoms. The van der Waals surface area contributed by atoms with Crippen LogP contribution in [-0.2, 0) is 35.5 Å². The molecule has 1 aliphatic carbocycles. The zero-order valence-corrected chi connectivity index (χ0v) is 49.7. The maximum absolute atomic E-state index is 6.15. The van der Waals surface area contributed by atoms with Crippen molar-refractivity contribution in [3.63, 3.8) is 0 Å². The Labute approximate surface area is 474 Å². The number of allylic oxidation sites excluding steroid dienone is 5. The summed E-state index contributed by atoms with van der Waals surface area (Å²) in [6, 6.07) is 50.8. The Morgan fingerprint density at radius 1 is 0.649 bits per heavy atom. The zero-order chi connectivity index (χ0) is 52.8. The molecule has 1 saturated heterocycles. The van der Waals surface area contributed by atoms with Gasteiger partial charge in [0.05, 0.1) is 5.69 Å². The van der Waals surface area contributed by atoms with Crippen molar-refractivity contribution in [3.05, 3.63) is 201 Å². The van der Waals surface area contributed by atoms with Crippen LogP contribution in [0.4, 0.5) is 0 Å². The Hall–Kier alpha value is -6.53. The molecular formula is C67H55N4OOsPS3+. The zero-order valence-electron chi connectivity index (χ0n) is 43.8. The van der Waals surface area contributed by atoms with Crippen LogP contribution in [-0.4, -0.2) is 31.9 Å². The van der Waals surface area contributed by atoms with E-state index < -0.39 is 7.26 Å². The topological polar surface area (TPSA) is 60.8 Å². The van der Waals surface area contributed by atoms with Crippen LogP contribution in [0.25, 0.3) is 82.3 Å². The third kappa shape index (κ3) is 9.19. The molecule has 1 fully saturated rings. The molecule has 0 atom stereocenters. The number of hydrogen-bond acceptors (Lipinski definition) is 8. The Bertz CT molecular complexity index is 4080. The van der Waals surface area contributed by atoms with Crippen molar-refractivity contribution in [2.75, 3.05) is 13.2 Å². The van der Waals surface area contributed by atoms with Crippen molar-refractivity contribution < 1.29 is 22.7 Å². The Morgan fingerprint density at radius 2 is 1.18 bits per heavy atom. The van der Waals surface area contributed by atoms with Crippen LogP contribution >= 0.6 is 41.7 Å². The molecule has 4 aromatic heterocycles. The van der Waals surface area contributed by atoms with Crippen molar-refractivity contribution in [2.24, 2.45) is 11.8 Å². The number of aromatic nitrogens is 4. The number of benzene rings is 6.